The van der Waals surface area contributed by atoms with Crippen molar-refractivity contribution in [1.82, 2.24) is 9.97 Å². The highest BCUT2D eigenvalue weighted by Crippen LogP contribution is 2.27. The fraction of sp³-hybridized carbons (Fsp3) is 0.200. The number of nitrogens with one attached hydrogen (secondary N) is 2. The molecule has 3 aromatic rings. The highest BCUT2D eigenvalue weighted by Gasteiger charge is 2.07. The molecule has 0 bridgehead atoms. The molecule has 0 radical (unpaired) electrons. The van der Waals surface area contributed by atoms with E-state index in [0.29, 0.717) is 5.82 Å². The summed E-state index contributed by atoms with van der Waals surface area (Å²) in [6.07, 6.45) is 0. The standard InChI is InChI=1S/C20H22ClN5/c1-13-17(21)6-5-7-18(13)25-20-12-19(22-14(2)23-20)24-15-8-10-16(11-9-15)26(3)4/h5-12H,1-4H3,(H2,22,23,24,25). The van der Waals surface area contributed by atoms with Crippen molar-refractivity contribution in [3.05, 3.63) is 64.9 Å². The summed E-state index contributed by atoms with van der Waals surface area (Å²) in [4.78, 5) is 11.0. The highest BCUT2D eigenvalue weighted by molar-refractivity contribution is 6.31. The molecular formula is C20H22ClN5. The summed E-state index contributed by atoms with van der Waals surface area (Å²) < 4.78 is 0. The number of aromatic nitrogens is 2. The van der Waals surface area contributed by atoms with Gasteiger partial charge in [0, 0.05) is 42.2 Å². The topological polar surface area (TPSA) is 53.1 Å². The zero-order valence-electron chi connectivity index (χ0n) is 15.3. The number of halogens is 1. The molecule has 2 N–H and O–H groups in total. The van der Waals surface area contributed by atoms with E-state index in [-0.39, 0.29) is 0 Å². The predicted molar refractivity (Wildman–Crippen MR) is 110 cm³/mol. The van der Waals surface area contributed by atoms with E-state index in [1.165, 1.54) is 0 Å². The van der Waals surface area contributed by atoms with Crippen molar-refractivity contribution in [2.75, 3.05) is 29.6 Å². The zero-order chi connectivity index (χ0) is 18.7. The molecule has 0 unspecified atom stereocenters. The van der Waals surface area contributed by atoms with Crippen LogP contribution in [0.2, 0.25) is 5.02 Å². The first-order valence-corrected chi connectivity index (χ1v) is 8.72. The van der Waals surface area contributed by atoms with Gasteiger partial charge in [-0.2, -0.15) is 0 Å². The molecule has 3 rings (SSSR count). The first kappa shape index (κ1) is 18.0. The summed E-state index contributed by atoms with van der Waals surface area (Å²) in [5.74, 6) is 2.13. The van der Waals surface area contributed by atoms with Gasteiger partial charge in [0.05, 0.1) is 0 Å². The fourth-order valence-corrected chi connectivity index (χ4v) is 2.74. The molecule has 0 aliphatic heterocycles. The normalized spacial score (nSPS) is 10.5. The molecule has 134 valence electrons. The number of rotatable bonds is 5. The van der Waals surface area contributed by atoms with Crippen molar-refractivity contribution < 1.29 is 0 Å². The lowest BCUT2D eigenvalue weighted by Crippen LogP contribution is -2.08. The fourth-order valence-electron chi connectivity index (χ4n) is 2.57. The average molecular weight is 368 g/mol. The third-order valence-corrected chi connectivity index (χ3v) is 4.43. The van der Waals surface area contributed by atoms with Crippen molar-refractivity contribution in [2.45, 2.75) is 13.8 Å². The van der Waals surface area contributed by atoms with Gasteiger partial charge in [0.1, 0.15) is 17.5 Å². The van der Waals surface area contributed by atoms with Gasteiger partial charge in [0.25, 0.3) is 0 Å². The second kappa shape index (κ2) is 7.62. The minimum atomic E-state index is 0.682. The van der Waals surface area contributed by atoms with Gasteiger partial charge in [0.2, 0.25) is 0 Å². The molecule has 0 spiro atoms. The van der Waals surface area contributed by atoms with E-state index < -0.39 is 0 Å². The first-order chi connectivity index (χ1) is 12.4. The van der Waals surface area contributed by atoms with Crippen molar-refractivity contribution >= 4 is 40.3 Å². The molecule has 26 heavy (non-hydrogen) atoms. The van der Waals surface area contributed by atoms with Crippen LogP contribution in [0.5, 0.6) is 0 Å². The smallest absolute Gasteiger partial charge is 0.136 e. The highest BCUT2D eigenvalue weighted by atomic mass is 35.5. The van der Waals surface area contributed by atoms with Crippen LogP contribution in [0.25, 0.3) is 0 Å². The van der Waals surface area contributed by atoms with Gasteiger partial charge in [-0.3, -0.25) is 0 Å². The number of hydrogen-bond donors (Lipinski definition) is 2. The molecule has 0 atom stereocenters. The largest absolute Gasteiger partial charge is 0.378 e. The maximum atomic E-state index is 6.20. The summed E-state index contributed by atoms with van der Waals surface area (Å²) in [6, 6.07) is 15.8. The first-order valence-electron chi connectivity index (χ1n) is 8.34. The van der Waals surface area contributed by atoms with Gasteiger partial charge in [-0.15, -0.1) is 0 Å². The molecule has 0 fully saturated rings. The Balaban J connectivity index is 1.82. The Kier molecular flexibility index (Phi) is 5.28. The van der Waals surface area contributed by atoms with Crippen LogP contribution in [-0.4, -0.2) is 24.1 Å². The minimum Gasteiger partial charge on any atom is -0.378 e. The van der Waals surface area contributed by atoms with Gasteiger partial charge in [0.15, 0.2) is 0 Å². The van der Waals surface area contributed by atoms with Crippen LogP contribution < -0.4 is 15.5 Å². The molecular weight excluding hydrogens is 346 g/mol. The Hall–Kier alpha value is -2.79. The molecule has 0 aliphatic carbocycles. The second-order valence-corrected chi connectivity index (χ2v) is 6.70. The van der Waals surface area contributed by atoms with Crippen molar-refractivity contribution in [1.29, 1.82) is 0 Å². The molecule has 1 aromatic heterocycles. The summed E-state index contributed by atoms with van der Waals surface area (Å²) in [5, 5.41) is 7.37. The van der Waals surface area contributed by atoms with Gasteiger partial charge >= 0.3 is 0 Å². The lowest BCUT2D eigenvalue weighted by molar-refractivity contribution is 1.06. The SMILES string of the molecule is Cc1nc(Nc2ccc(N(C)C)cc2)cc(Nc2cccc(Cl)c2C)n1. The Morgan fingerprint density at radius 1 is 0.885 bits per heavy atom. The summed E-state index contributed by atoms with van der Waals surface area (Å²) >= 11 is 6.20. The molecule has 0 saturated carbocycles. The van der Waals surface area contributed by atoms with E-state index in [0.717, 1.165) is 39.3 Å². The van der Waals surface area contributed by atoms with Gasteiger partial charge < -0.3 is 15.5 Å². The number of nitrogens with zero attached hydrogens (tertiary/aromatic N) is 3. The van der Waals surface area contributed by atoms with Gasteiger partial charge in [-0.05, 0) is 55.8 Å². The number of anilines is 5. The van der Waals surface area contributed by atoms with E-state index in [1.807, 2.05) is 64.3 Å². The Bertz CT molecular complexity index is 907. The van der Waals surface area contributed by atoms with Crippen LogP contribution in [0.4, 0.5) is 28.7 Å². The summed E-state index contributed by atoms with van der Waals surface area (Å²) in [6.45, 7) is 3.85. The second-order valence-electron chi connectivity index (χ2n) is 6.29. The van der Waals surface area contributed by atoms with Crippen LogP contribution in [0.1, 0.15) is 11.4 Å². The lowest BCUT2D eigenvalue weighted by atomic mass is 10.2. The maximum Gasteiger partial charge on any atom is 0.136 e. The Morgan fingerprint density at radius 2 is 1.54 bits per heavy atom. The van der Waals surface area contributed by atoms with E-state index in [9.17, 15) is 0 Å². The van der Waals surface area contributed by atoms with Crippen LogP contribution in [0.3, 0.4) is 0 Å². The molecule has 6 heteroatoms. The number of aryl methyl sites for hydroxylation is 1. The maximum absolute atomic E-state index is 6.20. The van der Waals surface area contributed by atoms with Gasteiger partial charge in [-0.25, -0.2) is 9.97 Å². The summed E-state index contributed by atoms with van der Waals surface area (Å²) in [7, 11) is 4.04. The van der Waals surface area contributed by atoms with Crippen LogP contribution in [0.15, 0.2) is 48.5 Å². The average Bonchev–Trinajstić information content (AvgIpc) is 2.59. The minimum absolute atomic E-state index is 0.682. The van der Waals surface area contributed by atoms with Crippen molar-refractivity contribution in [3.63, 3.8) is 0 Å². The van der Waals surface area contributed by atoms with Crippen LogP contribution >= 0.6 is 11.6 Å². The molecule has 0 amide bonds. The summed E-state index contributed by atoms with van der Waals surface area (Å²) in [5.41, 5.74) is 4.03. The van der Waals surface area contributed by atoms with Crippen molar-refractivity contribution in [3.8, 4) is 0 Å². The van der Waals surface area contributed by atoms with Crippen LogP contribution in [-0.2, 0) is 0 Å². The van der Waals surface area contributed by atoms with E-state index >= 15 is 0 Å². The van der Waals surface area contributed by atoms with Crippen molar-refractivity contribution in [2.24, 2.45) is 0 Å². The third-order valence-electron chi connectivity index (χ3n) is 4.02. The van der Waals surface area contributed by atoms with Gasteiger partial charge in [-0.1, -0.05) is 17.7 Å². The number of benzene rings is 2. The van der Waals surface area contributed by atoms with Crippen LogP contribution in [0, 0.1) is 13.8 Å². The Labute approximate surface area is 159 Å². The quantitative estimate of drug-likeness (QED) is 0.640. The molecule has 0 saturated heterocycles. The third kappa shape index (κ3) is 4.24. The molecule has 2 aromatic carbocycles. The molecule has 5 nitrogen and oxygen atoms in total. The molecule has 0 aliphatic rings. The monoisotopic (exact) mass is 367 g/mol. The number of hydrogen-bond acceptors (Lipinski definition) is 5. The Morgan fingerprint density at radius 3 is 2.19 bits per heavy atom. The van der Waals surface area contributed by atoms with E-state index in [4.69, 9.17) is 11.6 Å². The molecule has 1 heterocycles. The zero-order valence-corrected chi connectivity index (χ0v) is 16.1. The predicted octanol–water partition coefficient (Wildman–Crippen LogP) is 5.30. The lowest BCUT2D eigenvalue weighted by Gasteiger charge is -2.14. The van der Waals surface area contributed by atoms with E-state index in [2.05, 4.69) is 37.6 Å². The van der Waals surface area contributed by atoms with E-state index in [1.54, 1.807) is 0 Å².